The van der Waals surface area contributed by atoms with Crippen molar-refractivity contribution in [3.63, 3.8) is 0 Å². The Labute approximate surface area is 120 Å². The molecular weight excluding hydrogens is 268 g/mol. The summed E-state index contributed by atoms with van der Waals surface area (Å²) in [7, 11) is 0. The number of fused-ring (bicyclic) bond motifs is 1. The zero-order valence-electron chi connectivity index (χ0n) is 11.4. The Morgan fingerprint density at radius 2 is 2.14 bits per heavy atom. The monoisotopic (exact) mass is 282 g/mol. The van der Waals surface area contributed by atoms with E-state index in [1.807, 2.05) is 19.1 Å². The molecule has 3 N–H and O–H groups in total. The Morgan fingerprint density at radius 1 is 1.33 bits per heavy atom. The van der Waals surface area contributed by atoms with E-state index in [1.54, 1.807) is 24.5 Å². The predicted molar refractivity (Wildman–Crippen MR) is 79.3 cm³/mol. The topological polar surface area (TPSA) is 94.0 Å². The van der Waals surface area contributed by atoms with E-state index in [1.165, 1.54) is 0 Å². The van der Waals surface area contributed by atoms with Gasteiger partial charge in [0.1, 0.15) is 11.5 Å². The SMILES string of the molecule is Cc1nc(N)ccc1Cc1cn(C(=O)O)c2ncccc12. The molecule has 0 unspecified atom stereocenters. The molecule has 0 aliphatic rings. The molecule has 3 aromatic rings. The molecule has 0 amide bonds. The van der Waals surface area contributed by atoms with Gasteiger partial charge in [0.25, 0.3) is 0 Å². The number of aryl methyl sites for hydroxylation is 1. The largest absolute Gasteiger partial charge is 0.464 e. The highest BCUT2D eigenvalue weighted by Gasteiger charge is 2.14. The van der Waals surface area contributed by atoms with Crippen molar-refractivity contribution < 1.29 is 9.90 Å². The molecular formula is C15H14N4O2. The van der Waals surface area contributed by atoms with Crippen LogP contribution in [0.5, 0.6) is 0 Å². The first kappa shape index (κ1) is 13.1. The third-order valence-corrected chi connectivity index (χ3v) is 3.45. The van der Waals surface area contributed by atoms with Gasteiger partial charge in [-0.1, -0.05) is 6.07 Å². The number of nitrogen functional groups attached to an aromatic ring is 1. The molecule has 0 atom stereocenters. The molecule has 3 heterocycles. The number of carboxylic acid groups (broad SMARTS) is 1. The van der Waals surface area contributed by atoms with Gasteiger partial charge < -0.3 is 10.8 Å². The zero-order valence-corrected chi connectivity index (χ0v) is 11.4. The molecule has 0 aromatic carbocycles. The average Bonchev–Trinajstić information content (AvgIpc) is 2.81. The smallest absolute Gasteiger partial charge is 0.417 e. The number of rotatable bonds is 2. The van der Waals surface area contributed by atoms with Crippen molar-refractivity contribution in [3.05, 3.63) is 53.5 Å². The third-order valence-electron chi connectivity index (χ3n) is 3.45. The molecule has 0 radical (unpaired) electrons. The zero-order chi connectivity index (χ0) is 15.0. The number of nitrogens with zero attached hydrogens (tertiary/aromatic N) is 3. The van der Waals surface area contributed by atoms with Crippen LogP contribution in [0.2, 0.25) is 0 Å². The standard InChI is InChI=1S/C15H14N4O2/c1-9-10(4-5-13(16)18-9)7-11-8-19(15(20)21)14-12(11)3-2-6-17-14/h2-6,8H,7H2,1H3,(H2,16,18)(H,20,21). The quantitative estimate of drug-likeness (QED) is 0.752. The number of anilines is 1. The van der Waals surface area contributed by atoms with Crippen molar-refractivity contribution in [1.29, 1.82) is 0 Å². The lowest BCUT2D eigenvalue weighted by Crippen LogP contribution is -2.06. The van der Waals surface area contributed by atoms with E-state index in [0.717, 1.165) is 26.8 Å². The first-order valence-corrected chi connectivity index (χ1v) is 6.46. The van der Waals surface area contributed by atoms with E-state index in [4.69, 9.17) is 5.73 Å². The van der Waals surface area contributed by atoms with Crippen molar-refractivity contribution in [2.75, 3.05) is 5.73 Å². The Kier molecular flexibility index (Phi) is 3.06. The summed E-state index contributed by atoms with van der Waals surface area (Å²) in [6.45, 7) is 1.89. The Hall–Kier alpha value is -2.89. The van der Waals surface area contributed by atoms with Gasteiger partial charge in [-0.25, -0.2) is 19.3 Å². The fourth-order valence-corrected chi connectivity index (χ4v) is 2.41. The molecule has 0 fully saturated rings. The Bertz CT molecular complexity index is 839. The van der Waals surface area contributed by atoms with E-state index in [9.17, 15) is 9.90 Å². The molecule has 0 bridgehead atoms. The van der Waals surface area contributed by atoms with Gasteiger partial charge in [0.05, 0.1) is 0 Å². The maximum Gasteiger partial charge on any atom is 0.417 e. The van der Waals surface area contributed by atoms with Gasteiger partial charge in [0, 0.05) is 29.9 Å². The fraction of sp³-hybridized carbons (Fsp3) is 0.133. The highest BCUT2D eigenvalue weighted by Crippen LogP contribution is 2.23. The molecule has 106 valence electrons. The van der Waals surface area contributed by atoms with Crippen molar-refractivity contribution in [1.82, 2.24) is 14.5 Å². The highest BCUT2D eigenvalue weighted by atomic mass is 16.4. The summed E-state index contributed by atoms with van der Waals surface area (Å²) in [5, 5.41) is 10.1. The number of carbonyl (C=O) groups is 1. The molecule has 0 aliphatic carbocycles. The van der Waals surface area contributed by atoms with Crippen LogP contribution in [-0.2, 0) is 6.42 Å². The molecule has 6 nitrogen and oxygen atoms in total. The van der Waals surface area contributed by atoms with Gasteiger partial charge in [-0.3, -0.25) is 0 Å². The summed E-state index contributed by atoms with van der Waals surface area (Å²) in [6.07, 6.45) is 2.73. The van der Waals surface area contributed by atoms with Crippen LogP contribution >= 0.6 is 0 Å². The summed E-state index contributed by atoms with van der Waals surface area (Å²) < 4.78 is 1.14. The van der Waals surface area contributed by atoms with E-state index < -0.39 is 6.09 Å². The predicted octanol–water partition coefficient (Wildman–Crippen LogP) is 2.44. The number of aromatic nitrogens is 3. The van der Waals surface area contributed by atoms with E-state index in [2.05, 4.69) is 9.97 Å². The summed E-state index contributed by atoms with van der Waals surface area (Å²) >= 11 is 0. The third kappa shape index (κ3) is 2.31. The van der Waals surface area contributed by atoms with Crippen molar-refractivity contribution >= 4 is 22.9 Å². The molecule has 3 rings (SSSR count). The summed E-state index contributed by atoms with van der Waals surface area (Å²) in [6, 6.07) is 7.33. The minimum absolute atomic E-state index is 0.445. The summed E-state index contributed by atoms with van der Waals surface area (Å²) in [5.74, 6) is 0.478. The average molecular weight is 282 g/mol. The molecule has 3 aromatic heterocycles. The fourth-order valence-electron chi connectivity index (χ4n) is 2.41. The lowest BCUT2D eigenvalue weighted by atomic mass is 10.0. The maximum atomic E-state index is 11.3. The minimum Gasteiger partial charge on any atom is -0.464 e. The second-order valence-electron chi connectivity index (χ2n) is 4.84. The molecule has 21 heavy (non-hydrogen) atoms. The van der Waals surface area contributed by atoms with Gasteiger partial charge in [-0.05, 0) is 36.2 Å². The van der Waals surface area contributed by atoms with Crippen LogP contribution in [0.25, 0.3) is 11.0 Å². The molecule has 6 heteroatoms. The molecule has 0 spiro atoms. The Morgan fingerprint density at radius 3 is 2.86 bits per heavy atom. The van der Waals surface area contributed by atoms with Crippen LogP contribution in [0.1, 0.15) is 16.8 Å². The van der Waals surface area contributed by atoms with E-state index >= 15 is 0 Å². The van der Waals surface area contributed by atoms with Crippen LogP contribution in [0.15, 0.2) is 36.7 Å². The lowest BCUT2D eigenvalue weighted by Gasteiger charge is -2.05. The van der Waals surface area contributed by atoms with Crippen molar-refractivity contribution in [2.45, 2.75) is 13.3 Å². The first-order chi connectivity index (χ1) is 10.1. The van der Waals surface area contributed by atoms with Gasteiger partial charge >= 0.3 is 6.09 Å². The van der Waals surface area contributed by atoms with Gasteiger partial charge in [0.2, 0.25) is 0 Å². The van der Waals surface area contributed by atoms with Crippen LogP contribution in [0.4, 0.5) is 10.6 Å². The van der Waals surface area contributed by atoms with Crippen molar-refractivity contribution in [3.8, 4) is 0 Å². The van der Waals surface area contributed by atoms with Gasteiger partial charge in [-0.15, -0.1) is 0 Å². The molecule has 0 aliphatic heterocycles. The van der Waals surface area contributed by atoms with Gasteiger partial charge in [0.15, 0.2) is 0 Å². The maximum absolute atomic E-state index is 11.3. The normalized spacial score (nSPS) is 10.9. The second kappa shape index (κ2) is 4.90. The van der Waals surface area contributed by atoms with Crippen LogP contribution in [-0.4, -0.2) is 25.7 Å². The van der Waals surface area contributed by atoms with E-state index in [-0.39, 0.29) is 0 Å². The minimum atomic E-state index is -1.04. The Balaban J connectivity index is 2.10. The lowest BCUT2D eigenvalue weighted by molar-refractivity contribution is 0.197. The highest BCUT2D eigenvalue weighted by molar-refractivity contribution is 5.88. The number of hydrogen-bond acceptors (Lipinski definition) is 4. The number of hydrogen-bond donors (Lipinski definition) is 2. The van der Waals surface area contributed by atoms with Crippen LogP contribution in [0.3, 0.4) is 0 Å². The van der Waals surface area contributed by atoms with E-state index in [0.29, 0.717) is 17.9 Å². The second-order valence-corrected chi connectivity index (χ2v) is 4.84. The molecule has 0 saturated heterocycles. The van der Waals surface area contributed by atoms with Crippen LogP contribution in [0, 0.1) is 6.92 Å². The van der Waals surface area contributed by atoms with Crippen LogP contribution < -0.4 is 5.73 Å². The number of nitrogens with two attached hydrogens (primary N) is 1. The van der Waals surface area contributed by atoms with Crippen molar-refractivity contribution in [2.24, 2.45) is 0 Å². The first-order valence-electron chi connectivity index (χ1n) is 6.46. The molecule has 0 saturated carbocycles. The van der Waals surface area contributed by atoms with Gasteiger partial charge in [-0.2, -0.15) is 0 Å². The summed E-state index contributed by atoms with van der Waals surface area (Å²) in [4.78, 5) is 19.7. The summed E-state index contributed by atoms with van der Waals surface area (Å²) in [5.41, 5.74) is 8.85. The number of pyridine rings is 2.